The van der Waals surface area contributed by atoms with Gasteiger partial charge in [0.1, 0.15) is 0 Å². The first kappa shape index (κ1) is 12.4. The van der Waals surface area contributed by atoms with Gasteiger partial charge in [-0.15, -0.1) is 0 Å². The van der Waals surface area contributed by atoms with Crippen molar-refractivity contribution < 1.29 is 13.2 Å². The maximum Gasteiger partial charge on any atom is 0.416 e. The van der Waals surface area contributed by atoms with Crippen molar-refractivity contribution in [2.24, 2.45) is 7.05 Å². The number of aromatic nitrogens is 1. The largest absolute Gasteiger partial charge is 0.416 e. The highest BCUT2D eigenvalue weighted by Crippen LogP contribution is 2.30. The predicted octanol–water partition coefficient (Wildman–Crippen LogP) is 3.07. The van der Waals surface area contributed by atoms with E-state index in [0.29, 0.717) is 11.1 Å². The van der Waals surface area contributed by atoms with Crippen molar-refractivity contribution in [1.82, 2.24) is 4.57 Å². The molecule has 0 atom stereocenters. The van der Waals surface area contributed by atoms with Gasteiger partial charge in [0, 0.05) is 19.3 Å². The van der Waals surface area contributed by atoms with Crippen LogP contribution in [0.2, 0.25) is 0 Å². The molecule has 1 aromatic heterocycles. The third-order valence-electron chi connectivity index (χ3n) is 2.65. The molecule has 0 saturated heterocycles. The molecule has 0 bridgehead atoms. The molecule has 2 aromatic rings. The van der Waals surface area contributed by atoms with E-state index in [0.717, 1.165) is 12.1 Å². The second-order valence-corrected chi connectivity index (χ2v) is 3.94. The van der Waals surface area contributed by atoms with E-state index in [4.69, 9.17) is 0 Å². The molecular formula is C13H10F3NO. The molecule has 0 amide bonds. The van der Waals surface area contributed by atoms with Crippen LogP contribution in [0.3, 0.4) is 0 Å². The number of hydrogen-bond donors (Lipinski definition) is 0. The van der Waals surface area contributed by atoms with E-state index in [1.807, 2.05) is 0 Å². The number of pyridine rings is 1. The Hall–Kier alpha value is -2.04. The number of aryl methyl sites for hydroxylation is 1. The first-order valence-electron chi connectivity index (χ1n) is 5.22. The third-order valence-corrected chi connectivity index (χ3v) is 2.65. The lowest BCUT2D eigenvalue weighted by atomic mass is 10.1. The maximum absolute atomic E-state index is 12.4. The Balaban J connectivity index is 2.40. The van der Waals surface area contributed by atoms with Gasteiger partial charge in [-0.05, 0) is 29.3 Å². The number of halogens is 3. The summed E-state index contributed by atoms with van der Waals surface area (Å²) >= 11 is 0. The van der Waals surface area contributed by atoms with Crippen molar-refractivity contribution in [1.29, 1.82) is 0 Å². The van der Waals surface area contributed by atoms with Gasteiger partial charge in [-0.2, -0.15) is 13.2 Å². The molecule has 18 heavy (non-hydrogen) atoms. The summed E-state index contributed by atoms with van der Waals surface area (Å²) in [6.45, 7) is 0. The number of benzene rings is 1. The van der Waals surface area contributed by atoms with Crippen molar-refractivity contribution in [2.75, 3.05) is 0 Å². The number of nitrogens with zero attached hydrogens (tertiary/aromatic N) is 1. The molecule has 1 aromatic carbocycles. The first-order chi connectivity index (χ1) is 8.38. The van der Waals surface area contributed by atoms with Gasteiger partial charge in [0.05, 0.1) is 5.56 Å². The van der Waals surface area contributed by atoms with E-state index in [1.54, 1.807) is 19.3 Å². The molecular weight excluding hydrogens is 243 g/mol. The van der Waals surface area contributed by atoms with Gasteiger partial charge in [-0.3, -0.25) is 4.79 Å². The van der Waals surface area contributed by atoms with Crippen LogP contribution in [0.1, 0.15) is 5.56 Å². The van der Waals surface area contributed by atoms with Gasteiger partial charge in [-0.25, -0.2) is 0 Å². The van der Waals surface area contributed by atoms with Crippen LogP contribution in [0.5, 0.6) is 0 Å². The third kappa shape index (κ3) is 2.45. The van der Waals surface area contributed by atoms with E-state index in [2.05, 4.69) is 0 Å². The van der Waals surface area contributed by atoms with Crippen molar-refractivity contribution in [3.05, 3.63) is 58.5 Å². The highest BCUT2D eigenvalue weighted by atomic mass is 19.4. The Kier molecular flexibility index (Phi) is 2.98. The number of rotatable bonds is 1. The SMILES string of the molecule is Cn1ccc(-c2ccc(C(F)(F)F)cc2)cc1=O. The molecule has 2 nitrogen and oxygen atoms in total. The number of alkyl halides is 3. The van der Waals surface area contributed by atoms with Crippen molar-refractivity contribution >= 4 is 0 Å². The maximum atomic E-state index is 12.4. The second-order valence-electron chi connectivity index (χ2n) is 3.94. The zero-order valence-electron chi connectivity index (χ0n) is 9.53. The minimum Gasteiger partial charge on any atom is -0.319 e. The fraction of sp³-hybridized carbons (Fsp3) is 0.154. The monoisotopic (exact) mass is 253 g/mol. The van der Waals surface area contributed by atoms with Gasteiger partial charge < -0.3 is 4.57 Å². The Morgan fingerprint density at radius 1 is 1.00 bits per heavy atom. The lowest BCUT2D eigenvalue weighted by molar-refractivity contribution is -0.137. The first-order valence-corrected chi connectivity index (χ1v) is 5.22. The zero-order chi connectivity index (χ0) is 13.3. The summed E-state index contributed by atoms with van der Waals surface area (Å²) in [6, 6.07) is 7.81. The molecule has 0 unspecified atom stereocenters. The molecule has 2 rings (SSSR count). The summed E-state index contributed by atoms with van der Waals surface area (Å²) in [5.74, 6) is 0. The van der Waals surface area contributed by atoms with Crippen LogP contribution in [0, 0.1) is 0 Å². The minimum absolute atomic E-state index is 0.201. The summed E-state index contributed by atoms with van der Waals surface area (Å²) in [5, 5.41) is 0. The smallest absolute Gasteiger partial charge is 0.319 e. The second kappa shape index (κ2) is 4.33. The summed E-state index contributed by atoms with van der Waals surface area (Å²) in [4.78, 5) is 11.4. The van der Waals surface area contributed by atoms with E-state index in [9.17, 15) is 18.0 Å². The van der Waals surface area contributed by atoms with Gasteiger partial charge in [0.25, 0.3) is 5.56 Å². The zero-order valence-corrected chi connectivity index (χ0v) is 9.53. The van der Waals surface area contributed by atoms with Crippen LogP contribution < -0.4 is 5.56 Å². The normalized spacial score (nSPS) is 11.6. The van der Waals surface area contributed by atoms with E-state index in [1.165, 1.54) is 22.8 Å². The van der Waals surface area contributed by atoms with Crippen LogP contribution in [0.25, 0.3) is 11.1 Å². The molecule has 1 heterocycles. The molecule has 0 aliphatic heterocycles. The molecule has 0 aliphatic rings. The average molecular weight is 253 g/mol. The number of hydrogen-bond acceptors (Lipinski definition) is 1. The molecule has 0 saturated carbocycles. The molecule has 0 radical (unpaired) electrons. The van der Waals surface area contributed by atoms with Gasteiger partial charge in [-0.1, -0.05) is 12.1 Å². The standard InChI is InChI=1S/C13H10F3NO/c1-17-7-6-10(8-12(17)18)9-2-4-11(5-3-9)13(14,15)16/h2-8H,1H3. The summed E-state index contributed by atoms with van der Waals surface area (Å²) in [5.41, 5.74) is 0.287. The fourth-order valence-electron chi connectivity index (χ4n) is 1.58. The summed E-state index contributed by atoms with van der Waals surface area (Å²) < 4.78 is 38.6. The van der Waals surface area contributed by atoms with Crippen LogP contribution in [0.15, 0.2) is 47.4 Å². The van der Waals surface area contributed by atoms with Crippen molar-refractivity contribution in [2.45, 2.75) is 6.18 Å². The van der Waals surface area contributed by atoms with Crippen molar-refractivity contribution in [3.8, 4) is 11.1 Å². The molecule has 0 fully saturated rings. The fourth-order valence-corrected chi connectivity index (χ4v) is 1.58. The van der Waals surface area contributed by atoms with Gasteiger partial charge in [0.15, 0.2) is 0 Å². The quantitative estimate of drug-likeness (QED) is 0.765. The Labute approximate surface area is 101 Å². The summed E-state index contributed by atoms with van der Waals surface area (Å²) in [7, 11) is 1.61. The predicted molar refractivity (Wildman–Crippen MR) is 62.1 cm³/mol. The molecule has 0 spiro atoms. The molecule has 0 aliphatic carbocycles. The van der Waals surface area contributed by atoms with E-state index < -0.39 is 11.7 Å². The minimum atomic E-state index is -4.34. The summed E-state index contributed by atoms with van der Waals surface area (Å²) in [6.07, 6.45) is -2.76. The van der Waals surface area contributed by atoms with Crippen LogP contribution in [-0.2, 0) is 13.2 Å². The van der Waals surface area contributed by atoms with Gasteiger partial charge >= 0.3 is 6.18 Å². The lowest BCUT2D eigenvalue weighted by Crippen LogP contribution is -2.14. The highest BCUT2D eigenvalue weighted by molar-refractivity contribution is 5.63. The van der Waals surface area contributed by atoms with E-state index >= 15 is 0 Å². The highest BCUT2D eigenvalue weighted by Gasteiger charge is 2.29. The topological polar surface area (TPSA) is 22.0 Å². The van der Waals surface area contributed by atoms with Crippen molar-refractivity contribution in [3.63, 3.8) is 0 Å². The Morgan fingerprint density at radius 2 is 1.61 bits per heavy atom. The van der Waals surface area contributed by atoms with Crippen LogP contribution in [-0.4, -0.2) is 4.57 Å². The Bertz CT molecular complexity index is 611. The van der Waals surface area contributed by atoms with Crippen LogP contribution >= 0.6 is 0 Å². The van der Waals surface area contributed by atoms with Crippen LogP contribution in [0.4, 0.5) is 13.2 Å². The van der Waals surface area contributed by atoms with E-state index in [-0.39, 0.29) is 5.56 Å². The lowest BCUT2D eigenvalue weighted by Gasteiger charge is -2.08. The molecule has 94 valence electrons. The molecule has 5 heteroatoms. The molecule has 0 N–H and O–H groups in total. The van der Waals surface area contributed by atoms with Gasteiger partial charge in [0.2, 0.25) is 0 Å². The average Bonchev–Trinajstić information content (AvgIpc) is 2.32. The Morgan fingerprint density at radius 3 is 2.11 bits per heavy atom.